The van der Waals surface area contributed by atoms with Crippen LogP contribution in [0.4, 0.5) is 4.79 Å². The topological polar surface area (TPSA) is 99.2 Å². The number of alkyl carbamates (subject to hydrolysis) is 1. The number of carboxylic acid groups (broad SMARTS) is 1. The van der Waals surface area contributed by atoms with Crippen molar-refractivity contribution in [1.82, 2.24) is 15.1 Å². The van der Waals surface area contributed by atoms with Crippen LogP contribution < -0.4 is 5.32 Å². The third-order valence-electron chi connectivity index (χ3n) is 5.47. The zero-order chi connectivity index (χ0) is 24.0. The summed E-state index contributed by atoms with van der Waals surface area (Å²) in [4.78, 5) is 39.6. The summed E-state index contributed by atoms with van der Waals surface area (Å²) in [7, 11) is 3.52. The standard InChI is InChI=1S/C25H29N3O5/c1-4-13-28(15-23(29)30)24(31)22(14-27(2)3)26-25(32)33-16-21-19-11-7-5-9-17(19)18-10-6-8-12-20(18)21/h4-12,21-22H,1,13-16H2,2-3H3,(H,26,32)(H,29,30). The molecule has 0 fully saturated rings. The normalized spacial score (nSPS) is 13.1. The number of carbonyl (C=O) groups excluding carboxylic acids is 2. The van der Waals surface area contributed by atoms with Crippen molar-refractivity contribution in [2.24, 2.45) is 0 Å². The number of ether oxygens (including phenoxy) is 1. The Labute approximate surface area is 193 Å². The van der Waals surface area contributed by atoms with E-state index in [4.69, 9.17) is 9.84 Å². The molecule has 0 saturated heterocycles. The number of fused-ring (bicyclic) bond motifs is 3. The molecule has 0 bridgehead atoms. The lowest BCUT2D eigenvalue weighted by atomic mass is 9.98. The second-order valence-electron chi connectivity index (χ2n) is 8.19. The molecule has 2 aromatic carbocycles. The Kier molecular flexibility index (Phi) is 7.84. The monoisotopic (exact) mass is 451 g/mol. The highest BCUT2D eigenvalue weighted by molar-refractivity contribution is 5.88. The molecule has 1 unspecified atom stereocenters. The van der Waals surface area contributed by atoms with Gasteiger partial charge < -0.3 is 25.0 Å². The van der Waals surface area contributed by atoms with E-state index in [-0.39, 0.29) is 25.6 Å². The van der Waals surface area contributed by atoms with Gasteiger partial charge >= 0.3 is 12.1 Å². The van der Waals surface area contributed by atoms with Crippen molar-refractivity contribution in [1.29, 1.82) is 0 Å². The van der Waals surface area contributed by atoms with Crippen LogP contribution in [0.2, 0.25) is 0 Å². The lowest BCUT2D eigenvalue weighted by Crippen LogP contribution is -2.54. The third kappa shape index (κ3) is 5.78. The lowest BCUT2D eigenvalue weighted by Gasteiger charge is -2.27. The van der Waals surface area contributed by atoms with E-state index >= 15 is 0 Å². The molecule has 1 atom stereocenters. The first-order valence-corrected chi connectivity index (χ1v) is 10.7. The molecule has 8 nitrogen and oxygen atoms in total. The molecular weight excluding hydrogens is 422 g/mol. The Morgan fingerprint density at radius 2 is 1.67 bits per heavy atom. The summed E-state index contributed by atoms with van der Waals surface area (Å²) < 4.78 is 5.55. The predicted molar refractivity (Wildman–Crippen MR) is 125 cm³/mol. The van der Waals surface area contributed by atoms with Crippen LogP contribution in [0.3, 0.4) is 0 Å². The Morgan fingerprint density at radius 1 is 1.09 bits per heavy atom. The minimum absolute atomic E-state index is 0.0570. The maximum Gasteiger partial charge on any atom is 0.407 e. The molecule has 0 radical (unpaired) electrons. The number of hydrogen-bond donors (Lipinski definition) is 2. The summed E-state index contributed by atoms with van der Waals surface area (Å²) in [5, 5.41) is 11.7. The van der Waals surface area contributed by atoms with Gasteiger partial charge in [-0.05, 0) is 36.3 Å². The largest absolute Gasteiger partial charge is 0.480 e. The Morgan fingerprint density at radius 3 is 2.18 bits per heavy atom. The van der Waals surface area contributed by atoms with Crippen molar-refractivity contribution < 1.29 is 24.2 Å². The van der Waals surface area contributed by atoms with E-state index in [1.54, 1.807) is 19.0 Å². The third-order valence-corrected chi connectivity index (χ3v) is 5.47. The average molecular weight is 452 g/mol. The van der Waals surface area contributed by atoms with Gasteiger partial charge in [0.25, 0.3) is 0 Å². The molecule has 0 spiro atoms. The summed E-state index contributed by atoms with van der Waals surface area (Å²) >= 11 is 0. The van der Waals surface area contributed by atoms with Crippen LogP contribution in [0.1, 0.15) is 17.0 Å². The summed E-state index contributed by atoms with van der Waals surface area (Å²) in [5.41, 5.74) is 4.42. The molecule has 1 aliphatic carbocycles. The first kappa shape index (κ1) is 24.0. The Bertz CT molecular complexity index is 991. The van der Waals surface area contributed by atoms with Gasteiger partial charge in [-0.25, -0.2) is 4.79 Å². The number of aliphatic carboxylic acids is 1. The number of rotatable bonds is 10. The maximum absolute atomic E-state index is 12.9. The van der Waals surface area contributed by atoms with Crippen LogP contribution in [0.15, 0.2) is 61.2 Å². The molecule has 1 aliphatic rings. The van der Waals surface area contributed by atoms with Crippen molar-refractivity contribution in [3.8, 4) is 11.1 Å². The molecule has 0 aliphatic heterocycles. The summed E-state index contributed by atoms with van der Waals surface area (Å²) in [6.07, 6.45) is 0.715. The van der Waals surface area contributed by atoms with E-state index in [1.165, 1.54) is 6.08 Å². The molecule has 3 rings (SSSR count). The van der Waals surface area contributed by atoms with E-state index in [0.717, 1.165) is 27.2 Å². The van der Waals surface area contributed by atoms with Gasteiger partial charge in [0.2, 0.25) is 5.91 Å². The Balaban J connectivity index is 1.70. The number of likely N-dealkylation sites (N-methyl/N-ethyl adjacent to an activating group) is 1. The van der Waals surface area contributed by atoms with Crippen molar-refractivity contribution in [3.05, 3.63) is 72.3 Å². The average Bonchev–Trinajstić information content (AvgIpc) is 3.09. The molecule has 2 aromatic rings. The molecular formula is C25H29N3O5. The van der Waals surface area contributed by atoms with Crippen LogP contribution in [-0.4, -0.2) is 79.3 Å². The quantitative estimate of drug-likeness (QED) is 0.539. The second-order valence-corrected chi connectivity index (χ2v) is 8.19. The zero-order valence-electron chi connectivity index (χ0n) is 18.9. The van der Waals surface area contributed by atoms with Crippen LogP contribution in [0, 0.1) is 0 Å². The van der Waals surface area contributed by atoms with E-state index < -0.39 is 30.6 Å². The van der Waals surface area contributed by atoms with Crippen molar-refractivity contribution in [3.63, 3.8) is 0 Å². The molecule has 33 heavy (non-hydrogen) atoms. The fourth-order valence-electron chi connectivity index (χ4n) is 4.10. The molecule has 0 aromatic heterocycles. The minimum Gasteiger partial charge on any atom is -0.480 e. The number of hydrogen-bond acceptors (Lipinski definition) is 5. The van der Waals surface area contributed by atoms with E-state index in [1.807, 2.05) is 36.4 Å². The number of nitrogens with one attached hydrogen (secondary N) is 1. The molecule has 2 amide bonds. The van der Waals surface area contributed by atoms with Crippen molar-refractivity contribution >= 4 is 18.0 Å². The van der Waals surface area contributed by atoms with Gasteiger partial charge in [-0.1, -0.05) is 54.6 Å². The first-order chi connectivity index (χ1) is 15.8. The fraction of sp³-hybridized carbons (Fsp3) is 0.320. The van der Waals surface area contributed by atoms with Gasteiger partial charge in [0.1, 0.15) is 19.2 Å². The first-order valence-electron chi connectivity index (χ1n) is 10.7. The molecule has 2 N–H and O–H groups in total. The lowest BCUT2D eigenvalue weighted by molar-refractivity contribution is -0.145. The van der Waals surface area contributed by atoms with Crippen LogP contribution >= 0.6 is 0 Å². The van der Waals surface area contributed by atoms with Crippen LogP contribution in [0.25, 0.3) is 11.1 Å². The predicted octanol–water partition coefficient (Wildman–Crippen LogP) is 2.55. The number of amides is 2. The van der Waals surface area contributed by atoms with Gasteiger partial charge in [-0.3, -0.25) is 9.59 Å². The van der Waals surface area contributed by atoms with Crippen molar-refractivity contribution in [2.75, 3.05) is 40.3 Å². The van der Waals surface area contributed by atoms with Crippen LogP contribution in [0.5, 0.6) is 0 Å². The molecule has 0 heterocycles. The van der Waals surface area contributed by atoms with E-state index in [9.17, 15) is 14.4 Å². The highest BCUT2D eigenvalue weighted by Gasteiger charge is 2.31. The number of nitrogens with zero attached hydrogens (tertiary/aromatic N) is 2. The van der Waals surface area contributed by atoms with Gasteiger partial charge in [-0.2, -0.15) is 0 Å². The van der Waals surface area contributed by atoms with Gasteiger partial charge in [-0.15, -0.1) is 6.58 Å². The summed E-state index contributed by atoms with van der Waals surface area (Å²) in [6, 6.07) is 15.1. The number of carboxylic acids is 1. The van der Waals surface area contributed by atoms with E-state index in [2.05, 4.69) is 24.0 Å². The van der Waals surface area contributed by atoms with Gasteiger partial charge in [0.05, 0.1) is 0 Å². The molecule has 0 saturated carbocycles. The highest BCUT2D eigenvalue weighted by atomic mass is 16.5. The molecule has 174 valence electrons. The van der Waals surface area contributed by atoms with Crippen LogP contribution in [-0.2, 0) is 14.3 Å². The summed E-state index contributed by atoms with van der Waals surface area (Å²) in [6.45, 7) is 3.45. The zero-order valence-corrected chi connectivity index (χ0v) is 18.9. The summed E-state index contributed by atoms with van der Waals surface area (Å²) in [5.74, 6) is -1.76. The minimum atomic E-state index is -1.14. The van der Waals surface area contributed by atoms with Gasteiger partial charge in [0.15, 0.2) is 0 Å². The number of benzene rings is 2. The second kappa shape index (κ2) is 10.8. The maximum atomic E-state index is 12.9. The van der Waals surface area contributed by atoms with E-state index in [0.29, 0.717) is 0 Å². The highest BCUT2D eigenvalue weighted by Crippen LogP contribution is 2.44. The Hall–Kier alpha value is -3.65. The number of carbonyl (C=O) groups is 3. The molecule has 8 heteroatoms. The van der Waals surface area contributed by atoms with Crippen molar-refractivity contribution in [2.45, 2.75) is 12.0 Å². The van der Waals surface area contributed by atoms with Gasteiger partial charge in [0, 0.05) is 19.0 Å². The smallest absolute Gasteiger partial charge is 0.407 e. The SMILES string of the molecule is C=CCN(CC(=O)O)C(=O)C(CN(C)C)NC(=O)OCC1c2ccccc2-c2ccccc21. The fourth-order valence-corrected chi connectivity index (χ4v) is 4.10.